The number of anilines is 1. The minimum absolute atomic E-state index is 0.135. The monoisotopic (exact) mass is 371 g/mol. The van der Waals surface area contributed by atoms with Gasteiger partial charge in [-0.05, 0) is 49.4 Å². The van der Waals surface area contributed by atoms with Crippen LogP contribution >= 0.6 is 11.6 Å². The molecule has 1 N–H and O–H groups in total. The molecule has 0 aliphatic carbocycles. The predicted molar refractivity (Wildman–Crippen MR) is 89.7 cm³/mol. The topological polar surface area (TPSA) is 72.5 Å². The molecule has 2 aromatic rings. The summed E-state index contributed by atoms with van der Waals surface area (Å²) in [5.74, 6) is -0.964. The smallest absolute Gasteiger partial charge is 0.242 e. The lowest BCUT2D eigenvalue weighted by Crippen LogP contribution is -2.32. The maximum Gasteiger partial charge on any atom is 0.242 e. The maximum atomic E-state index is 12.9. The zero-order chi connectivity index (χ0) is 17.9. The first-order chi connectivity index (χ1) is 11.3. The number of hydrogen-bond acceptors (Lipinski definition) is 4. The van der Waals surface area contributed by atoms with E-state index in [1.165, 1.54) is 20.1 Å². The van der Waals surface area contributed by atoms with Crippen LogP contribution in [0.5, 0.6) is 5.75 Å². The second-order valence-corrected chi connectivity index (χ2v) is 7.68. The number of amides is 1. The van der Waals surface area contributed by atoms with Crippen molar-refractivity contribution in [1.82, 2.24) is 0 Å². The lowest BCUT2D eigenvalue weighted by atomic mass is 10.3. The quantitative estimate of drug-likeness (QED) is 0.818. The summed E-state index contributed by atoms with van der Waals surface area (Å²) in [5, 5.41) is 1.47. The summed E-state index contributed by atoms with van der Waals surface area (Å²) in [5.41, 5.74) is 0.260. The van der Waals surface area contributed by atoms with E-state index in [0.717, 1.165) is 24.3 Å². The first kappa shape index (κ1) is 18.2. The summed E-state index contributed by atoms with van der Waals surface area (Å²) in [6.45, 7) is 1.26. The molecule has 5 nitrogen and oxygen atoms in total. The van der Waals surface area contributed by atoms with Gasteiger partial charge in [-0.3, -0.25) is 4.79 Å². The van der Waals surface area contributed by atoms with Crippen LogP contribution in [0.25, 0.3) is 0 Å². The molecule has 0 heterocycles. The number of sulfone groups is 1. The first-order valence-electron chi connectivity index (χ1n) is 6.89. The van der Waals surface area contributed by atoms with E-state index in [2.05, 4.69) is 5.32 Å². The number of nitrogens with one attached hydrogen (secondary N) is 1. The summed E-state index contributed by atoms with van der Waals surface area (Å²) in [4.78, 5) is 12.2. The van der Waals surface area contributed by atoms with Gasteiger partial charge in [0.25, 0.3) is 0 Å². The van der Waals surface area contributed by atoms with Crippen LogP contribution < -0.4 is 10.1 Å². The second-order valence-electron chi connectivity index (χ2n) is 4.98. The van der Waals surface area contributed by atoms with Crippen molar-refractivity contribution in [3.05, 3.63) is 53.3 Å². The zero-order valence-electron chi connectivity index (χ0n) is 12.9. The van der Waals surface area contributed by atoms with Crippen LogP contribution in [0.3, 0.4) is 0 Å². The minimum atomic E-state index is -3.96. The molecule has 0 aliphatic heterocycles. The predicted octanol–water partition coefficient (Wildman–Crippen LogP) is 3.29. The third-order valence-corrected chi connectivity index (χ3v) is 5.71. The number of methoxy groups -OCH3 is 1. The molecule has 0 fully saturated rings. The minimum Gasteiger partial charge on any atom is -0.495 e. The van der Waals surface area contributed by atoms with Crippen LogP contribution in [-0.2, 0) is 14.6 Å². The molecule has 1 atom stereocenters. The molecule has 1 amide bonds. The van der Waals surface area contributed by atoms with E-state index in [0.29, 0.717) is 10.8 Å². The lowest BCUT2D eigenvalue weighted by Gasteiger charge is -2.15. The van der Waals surface area contributed by atoms with Crippen LogP contribution in [0.1, 0.15) is 6.92 Å². The van der Waals surface area contributed by atoms with E-state index in [4.69, 9.17) is 16.3 Å². The summed E-state index contributed by atoms with van der Waals surface area (Å²) >= 11 is 5.88. The van der Waals surface area contributed by atoms with Crippen molar-refractivity contribution in [3.8, 4) is 5.75 Å². The largest absolute Gasteiger partial charge is 0.495 e. The molecule has 0 aliphatic rings. The Morgan fingerprint density at radius 2 is 1.83 bits per heavy atom. The van der Waals surface area contributed by atoms with E-state index >= 15 is 0 Å². The van der Waals surface area contributed by atoms with Crippen LogP contribution in [0.4, 0.5) is 10.1 Å². The molecule has 8 heteroatoms. The van der Waals surface area contributed by atoms with Crippen LogP contribution in [0, 0.1) is 5.82 Å². The molecule has 0 saturated heterocycles. The van der Waals surface area contributed by atoms with E-state index in [9.17, 15) is 17.6 Å². The number of rotatable bonds is 5. The highest BCUT2D eigenvalue weighted by atomic mass is 35.5. The van der Waals surface area contributed by atoms with E-state index in [1.807, 2.05) is 0 Å². The highest BCUT2D eigenvalue weighted by molar-refractivity contribution is 7.92. The Morgan fingerprint density at radius 3 is 2.42 bits per heavy atom. The molecule has 24 heavy (non-hydrogen) atoms. The molecular formula is C16H15ClFNO4S. The Kier molecular flexibility index (Phi) is 5.46. The Bertz CT molecular complexity index is 853. The van der Waals surface area contributed by atoms with Gasteiger partial charge < -0.3 is 10.1 Å². The Morgan fingerprint density at radius 1 is 1.21 bits per heavy atom. The highest BCUT2D eigenvalue weighted by Gasteiger charge is 2.30. The Balaban J connectivity index is 2.26. The summed E-state index contributed by atoms with van der Waals surface area (Å²) < 4.78 is 43.0. The van der Waals surface area contributed by atoms with Gasteiger partial charge in [0.05, 0.1) is 17.7 Å². The molecule has 0 spiro atoms. The number of hydrogen-bond donors (Lipinski definition) is 1. The Hall–Kier alpha value is -2.12. The molecule has 0 aromatic heterocycles. The molecule has 2 rings (SSSR count). The lowest BCUT2D eigenvalue weighted by molar-refractivity contribution is -0.115. The number of carbonyl (C=O) groups excluding carboxylic acids is 1. The fourth-order valence-electron chi connectivity index (χ4n) is 1.98. The molecule has 1 unspecified atom stereocenters. The molecule has 128 valence electrons. The van der Waals surface area contributed by atoms with Gasteiger partial charge in [-0.25, -0.2) is 12.8 Å². The van der Waals surface area contributed by atoms with E-state index < -0.39 is 26.8 Å². The van der Waals surface area contributed by atoms with Gasteiger partial charge in [0, 0.05) is 5.02 Å². The van der Waals surface area contributed by atoms with Gasteiger partial charge >= 0.3 is 0 Å². The van der Waals surface area contributed by atoms with E-state index in [-0.39, 0.29) is 10.6 Å². The summed E-state index contributed by atoms with van der Waals surface area (Å²) in [6.07, 6.45) is 0. The highest BCUT2D eigenvalue weighted by Crippen LogP contribution is 2.28. The molecule has 0 radical (unpaired) electrons. The number of benzene rings is 2. The van der Waals surface area contributed by atoms with Gasteiger partial charge in [-0.2, -0.15) is 0 Å². The number of carbonyl (C=O) groups is 1. The first-order valence-corrected chi connectivity index (χ1v) is 8.82. The van der Waals surface area contributed by atoms with Crippen molar-refractivity contribution in [2.24, 2.45) is 0 Å². The zero-order valence-corrected chi connectivity index (χ0v) is 14.5. The van der Waals surface area contributed by atoms with Crippen LogP contribution in [0.2, 0.25) is 5.02 Å². The SMILES string of the molecule is COc1ccc(Cl)cc1NC(=O)C(C)S(=O)(=O)c1ccc(F)cc1. The number of ether oxygens (including phenoxy) is 1. The number of halogens is 2. The molecule has 0 saturated carbocycles. The normalized spacial score (nSPS) is 12.5. The van der Waals surface area contributed by atoms with Crippen molar-refractivity contribution < 1.29 is 22.3 Å². The third-order valence-electron chi connectivity index (χ3n) is 3.40. The van der Waals surface area contributed by atoms with Crippen molar-refractivity contribution in [2.75, 3.05) is 12.4 Å². The average Bonchev–Trinajstić information content (AvgIpc) is 2.54. The Labute approximate surface area is 144 Å². The summed E-state index contributed by atoms with van der Waals surface area (Å²) in [6, 6.07) is 8.87. The fourth-order valence-corrected chi connectivity index (χ4v) is 3.42. The summed E-state index contributed by atoms with van der Waals surface area (Å²) in [7, 11) is -2.54. The van der Waals surface area contributed by atoms with Crippen molar-refractivity contribution in [2.45, 2.75) is 17.1 Å². The molecular weight excluding hydrogens is 357 g/mol. The second kappa shape index (κ2) is 7.19. The maximum absolute atomic E-state index is 12.9. The van der Waals surface area contributed by atoms with Gasteiger partial charge in [-0.15, -0.1) is 0 Å². The average molecular weight is 372 g/mol. The van der Waals surface area contributed by atoms with Gasteiger partial charge in [0.2, 0.25) is 5.91 Å². The van der Waals surface area contributed by atoms with E-state index in [1.54, 1.807) is 12.1 Å². The van der Waals surface area contributed by atoms with Crippen molar-refractivity contribution in [3.63, 3.8) is 0 Å². The van der Waals surface area contributed by atoms with Crippen LogP contribution in [-0.4, -0.2) is 26.7 Å². The third kappa shape index (κ3) is 3.85. The fraction of sp³-hybridized carbons (Fsp3) is 0.188. The van der Waals surface area contributed by atoms with Gasteiger partial charge in [0.15, 0.2) is 9.84 Å². The van der Waals surface area contributed by atoms with Crippen molar-refractivity contribution in [1.29, 1.82) is 0 Å². The van der Waals surface area contributed by atoms with Gasteiger partial charge in [0.1, 0.15) is 16.8 Å². The van der Waals surface area contributed by atoms with Gasteiger partial charge in [-0.1, -0.05) is 11.6 Å². The standard InChI is InChI=1S/C16H15ClFNO4S/c1-10(24(21,22)13-6-4-12(18)5-7-13)16(20)19-14-9-11(17)3-8-15(14)23-2/h3-10H,1-2H3,(H,19,20). The molecule has 2 aromatic carbocycles. The van der Waals surface area contributed by atoms with Crippen molar-refractivity contribution >= 4 is 33.0 Å². The molecule has 0 bridgehead atoms. The van der Waals surface area contributed by atoms with Crippen LogP contribution in [0.15, 0.2) is 47.4 Å².